The van der Waals surface area contributed by atoms with E-state index in [0.717, 1.165) is 72.3 Å². The topological polar surface area (TPSA) is 46.7 Å². The largest absolute Gasteiger partial charge is 0.509 e. The predicted octanol–water partition coefficient (Wildman–Crippen LogP) is 12.2. The number of furan rings is 1. The summed E-state index contributed by atoms with van der Waals surface area (Å²) in [7, 11) is 0. The number of pyridine rings is 1. The van der Waals surface area contributed by atoms with Gasteiger partial charge in [0.2, 0.25) is 0 Å². The minimum atomic E-state index is -0.0133. The van der Waals surface area contributed by atoms with Gasteiger partial charge in [0.25, 0.3) is 0 Å². The zero-order valence-corrected chi connectivity index (χ0v) is 31.6. The van der Waals surface area contributed by atoms with Crippen molar-refractivity contribution in [3.05, 3.63) is 164 Å². The number of aromatic nitrogens is 2. The molecule has 10 rings (SSSR count). The van der Waals surface area contributed by atoms with Crippen molar-refractivity contribution in [2.75, 3.05) is 9.80 Å². The van der Waals surface area contributed by atoms with Crippen LogP contribution in [0.3, 0.4) is 0 Å². The Balaban J connectivity index is 0.00000372. The third kappa shape index (κ3) is 5.48. The average Bonchev–Trinajstić information content (AvgIpc) is 3.84. The Labute approximate surface area is 322 Å². The van der Waals surface area contributed by atoms with Crippen LogP contribution in [-0.4, -0.2) is 9.55 Å². The summed E-state index contributed by atoms with van der Waals surface area (Å²) < 4.78 is 15.0. The summed E-state index contributed by atoms with van der Waals surface area (Å²) in [5.41, 5.74) is 8.93. The van der Waals surface area contributed by atoms with Crippen LogP contribution in [0.4, 0.5) is 22.7 Å². The van der Waals surface area contributed by atoms with Crippen molar-refractivity contribution in [3.8, 4) is 17.3 Å². The number of anilines is 4. The van der Waals surface area contributed by atoms with Crippen molar-refractivity contribution in [2.24, 2.45) is 0 Å². The minimum Gasteiger partial charge on any atom is -0.509 e. The molecule has 6 aromatic carbocycles. The van der Waals surface area contributed by atoms with Crippen molar-refractivity contribution in [3.63, 3.8) is 0 Å². The SMILES string of the molecule is CC(C)(C)c1ccnc(-n2c3[c-]c(Oc4[c-]c(N5[CH-]N(c6cccc7oc8ccccc8c67)c6ccccc65)ccc4)ccc3c3ccccc32)c1.[Pt]. The summed E-state index contributed by atoms with van der Waals surface area (Å²) >= 11 is 0. The maximum absolute atomic E-state index is 6.54. The van der Waals surface area contributed by atoms with Crippen LogP contribution >= 0.6 is 0 Å². The van der Waals surface area contributed by atoms with E-state index in [1.165, 1.54) is 5.56 Å². The third-order valence-electron chi connectivity index (χ3n) is 9.90. The Morgan fingerprint density at radius 2 is 1.34 bits per heavy atom. The first-order valence-electron chi connectivity index (χ1n) is 17.5. The fraction of sp³-hybridized carbons (Fsp3) is 0.0870. The molecule has 9 aromatic rings. The standard InChI is InChI=1S/C46H33N4O2.Pt/c1-46(2,3)30-24-25-47-44(26-30)50-37-16-6-4-14-34(37)35-23-22-33(28-41(35)50)51-32-13-10-12-31(27-32)48-29-49(39-18-8-7-17-38(39)48)40-19-11-21-43-45(40)36-15-5-9-20-42(36)52-43;/h4-26,29H,1-3H3;/q-3;. The maximum Gasteiger partial charge on any atom is 0.137 e. The van der Waals surface area contributed by atoms with Gasteiger partial charge in [0.05, 0.1) is 0 Å². The van der Waals surface area contributed by atoms with Crippen molar-refractivity contribution >= 4 is 66.5 Å². The van der Waals surface area contributed by atoms with Crippen LogP contribution in [0.15, 0.2) is 144 Å². The van der Waals surface area contributed by atoms with Crippen molar-refractivity contribution in [2.45, 2.75) is 26.2 Å². The number of nitrogens with zero attached hydrogens (tertiary/aromatic N) is 4. The number of para-hydroxylation sites is 4. The molecule has 4 heterocycles. The fourth-order valence-corrected chi connectivity index (χ4v) is 7.39. The average molecular weight is 869 g/mol. The first-order valence-corrected chi connectivity index (χ1v) is 17.5. The second kappa shape index (κ2) is 12.7. The number of rotatable bonds is 5. The van der Waals surface area contributed by atoms with Gasteiger partial charge in [0, 0.05) is 72.1 Å². The molecule has 0 bridgehead atoms. The Morgan fingerprint density at radius 3 is 2.19 bits per heavy atom. The van der Waals surface area contributed by atoms with E-state index >= 15 is 0 Å². The molecule has 0 aliphatic carbocycles. The summed E-state index contributed by atoms with van der Waals surface area (Å²) in [6, 6.07) is 52.7. The number of benzene rings is 6. The molecule has 0 radical (unpaired) electrons. The van der Waals surface area contributed by atoms with Gasteiger partial charge in [-0.1, -0.05) is 80.9 Å². The second-order valence-corrected chi connectivity index (χ2v) is 14.2. The monoisotopic (exact) mass is 868 g/mol. The quantitative estimate of drug-likeness (QED) is 0.161. The number of fused-ring (bicyclic) bond motifs is 7. The molecule has 0 saturated heterocycles. The molecule has 262 valence electrons. The molecule has 0 atom stereocenters. The van der Waals surface area contributed by atoms with Crippen LogP contribution in [0, 0.1) is 18.8 Å². The molecule has 3 aromatic heterocycles. The molecule has 1 aliphatic rings. The van der Waals surface area contributed by atoms with E-state index in [1.54, 1.807) is 0 Å². The van der Waals surface area contributed by atoms with E-state index in [2.05, 4.69) is 145 Å². The summed E-state index contributed by atoms with van der Waals surface area (Å²) in [4.78, 5) is 9.20. The fourth-order valence-electron chi connectivity index (χ4n) is 7.39. The summed E-state index contributed by atoms with van der Waals surface area (Å²) in [5, 5.41) is 4.40. The molecule has 0 fully saturated rings. The molecule has 7 heteroatoms. The number of ether oxygens (including phenoxy) is 1. The molecule has 6 nitrogen and oxygen atoms in total. The zero-order valence-electron chi connectivity index (χ0n) is 29.3. The van der Waals surface area contributed by atoms with Gasteiger partial charge in [0.15, 0.2) is 0 Å². The smallest absolute Gasteiger partial charge is 0.137 e. The Kier molecular flexibility index (Phi) is 7.90. The molecule has 0 unspecified atom stereocenters. The van der Waals surface area contributed by atoms with Gasteiger partial charge >= 0.3 is 0 Å². The third-order valence-corrected chi connectivity index (χ3v) is 9.90. The second-order valence-electron chi connectivity index (χ2n) is 14.2. The van der Waals surface area contributed by atoms with E-state index in [1.807, 2.05) is 48.7 Å². The molecular weight excluding hydrogens is 836 g/mol. The minimum absolute atomic E-state index is 0. The summed E-state index contributed by atoms with van der Waals surface area (Å²) in [6.45, 7) is 8.78. The number of hydrogen-bond donors (Lipinski definition) is 0. The van der Waals surface area contributed by atoms with Crippen LogP contribution in [0.1, 0.15) is 26.3 Å². The molecular formula is C46H33N4O2Pt-3. The van der Waals surface area contributed by atoms with Gasteiger partial charge in [-0.05, 0) is 64.9 Å². The van der Waals surface area contributed by atoms with Gasteiger partial charge in [-0.2, -0.15) is 12.1 Å². The van der Waals surface area contributed by atoms with Crippen LogP contribution in [-0.2, 0) is 26.5 Å². The predicted molar refractivity (Wildman–Crippen MR) is 210 cm³/mol. The summed E-state index contributed by atoms with van der Waals surface area (Å²) in [5.74, 6) is 2.05. The Bertz CT molecular complexity index is 2830. The van der Waals surface area contributed by atoms with E-state index in [0.29, 0.717) is 11.5 Å². The first kappa shape index (κ1) is 33.0. The van der Waals surface area contributed by atoms with Crippen LogP contribution < -0.4 is 14.5 Å². The molecule has 0 spiro atoms. The first-order chi connectivity index (χ1) is 25.4. The molecule has 53 heavy (non-hydrogen) atoms. The summed E-state index contributed by atoms with van der Waals surface area (Å²) in [6.07, 6.45) is 1.89. The van der Waals surface area contributed by atoms with E-state index in [-0.39, 0.29) is 26.5 Å². The van der Waals surface area contributed by atoms with E-state index in [9.17, 15) is 0 Å². The van der Waals surface area contributed by atoms with Gasteiger partial charge in [-0.3, -0.25) is 0 Å². The van der Waals surface area contributed by atoms with Crippen LogP contribution in [0.25, 0.3) is 49.6 Å². The molecule has 0 amide bonds. The van der Waals surface area contributed by atoms with Gasteiger partial charge < -0.3 is 23.5 Å². The Hall–Kier alpha value is -5.84. The Morgan fingerprint density at radius 1 is 0.642 bits per heavy atom. The van der Waals surface area contributed by atoms with Crippen LogP contribution in [0.5, 0.6) is 11.5 Å². The van der Waals surface area contributed by atoms with Crippen molar-refractivity contribution < 1.29 is 30.2 Å². The molecule has 1 aliphatic heterocycles. The van der Waals surface area contributed by atoms with Crippen molar-refractivity contribution in [1.29, 1.82) is 0 Å². The normalized spacial score (nSPS) is 12.9. The number of hydrogen-bond acceptors (Lipinski definition) is 5. The van der Waals surface area contributed by atoms with Gasteiger partial charge in [-0.15, -0.1) is 48.1 Å². The van der Waals surface area contributed by atoms with Gasteiger partial charge in [-0.25, -0.2) is 4.98 Å². The zero-order chi connectivity index (χ0) is 35.0. The van der Waals surface area contributed by atoms with E-state index < -0.39 is 0 Å². The maximum atomic E-state index is 6.54. The molecule has 0 saturated carbocycles. The van der Waals surface area contributed by atoms with Crippen molar-refractivity contribution in [1.82, 2.24) is 9.55 Å². The van der Waals surface area contributed by atoms with Crippen LogP contribution in [0.2, 0.25) is 0 Å². The van der Waals surface area contributed by atoms with Gasteiger partial charge in [0.1, 0.15) is 17.0 Å². The molecule has 0 N–H and O–H groups in total. The van der Waals surface area contributed by atoms with E-state index in [4.69, 9.17) is 14.1 Å².